The molecule has 0 aromatic carbocycles. The highest BCUT2D eigenvalue weighted by molar-refractivity contribution is 5.66. The summed E-state index contributed by atoms with van der Waals surface area (Å²) in [5.74, 6) is 2.04. The van der Waals surface area contributed by atoms with Gasteiger partial charge in [0, 0.05) is 12.8 Å². The quantitative estimate of drug-likeness (QED) is 0.388. The highest BCUT2D eigenvalue weighted by Crippen LogP contribution is 2.89. The van der Waals surface area contributed by atoms with Crippen molar-refractivity contribution in [2.75, 3.05) is 0 Å². The fourth-order valence-corrected chi connectivity index (χ4v) is 11.8. The first kappa shape index (κ1) is 27.0. The molecular weight excluding hydrogens is 448 g/mol. The molecule has 2 spiro atoms. The zero-order chi connectivity index (χ0) is 26.5. The molecule has 5 aliphatic rings. The number of esters is 1. The Labute approximate surface area is 220 Å². The SMILES string of the molecule is CC(=O)O[C@@H]1C[C@@]2(C)[C@@H]3CC[C@H]4C(C)(C)[C@@H](O)CC[C@@]45C[C@@]35CC[C@]2(C)[C@H]1[C@H](C)CCCC(C)(C)O. The molecule has 5 aliphatic carbocycles. The van der Waals surface area contributed by atoms with Crippen molar-refractivity contribution in [3.63, 3.8) is 0 Å². The van der Waals surface area contributed by atoms with Crippen LogP contribution in [-0.2, 0) is 9.53 Å². The summed E-state index contributed by atoms with van der Waals surface area (Å²) in [5.41, 5.74) is 0.590. The number of fused-ring (bicyclic) bond motifs is 2. The molecule has 4 heteroatoms. The van der Waals surface area contributed by atoms with Crippen molar-refractivity contribution >= 4 is 5.97 Å². The van der Waals surface area contributed by atoms with Gasteiger partial charge in [-0.15, -0.1) is 0 Å². The van der Waals surface area contributed by atoms with Crippen LogP contribution < -0.4 is 0 Å². The van der Waals surface area contributed by atoms with Crippen LogP contribution in [0.4, 0.5) is 0 Å². The lowest BCUT2D eigenvalue weighted by molar-refractivity contribution is -0.162. The summed E-state index contributed by atoms with van der Waals surface area (Å²) in [4.78, 5) is 12.3. The third-order valence-electron chi connectivity index (χ3n) is 13.5. The number of hydrogen-bond donors (Lipinski definition) is 2. The van der Waals surface area contributed by atoms with E-state index >= 15 is 0 Å². The van der Waals surface area contributed by atoms with Crippen molar-refractivity contribution in [1.29, 1.82) is 0 Å². The first-order chi connectivity index (χ1) is 16.5. The summed E-state index contributed by atoms with van der Waals surface area (Å²) in [7, 11) is 0. The second kappa shape index (κ2) is 8.20. The van der Waals surface area contributed by atoms with Gasteiger partial charge in [0.1, 0.15) is 6.10 Å². The second-order valence-electron chi connectivity index (χ2n) is 15.9. The third-order valence-corrected chi connectivity index (χ3v) is 13.5. The second-order valence-corrected chi connectivity index (χ2v) is 15.9. The molecule has 0 amide bonds. The van der Waals surface area contributed by atoms with E-state index in [0.29, 0.717) is 34.5 Å². The Hall–Kier alpha value is -0.610. The van der Waals surface area contributed by atoms with Gasteiger partial charge in [0.15, 0.2) is 0 Å². The van der Waals surface area contributed by atoms with E-state index in [0.717, 1.165) is 32.1 Å². The van der Waals surface area contributed by atoms with Crippen LogP contribution in [0, 0.1) is 50.7 Å². The van der Waals surface area contributed by atoms with Gasteiger partial charge in [-0.2, -0.15) is 0 Å². The van der Waals surface area contributed by atoms with E-state index in [2.05, 4.69) is 34.6 Å². The van der Waals surface area contributed by atoms with Crippen LogP contribution in [0.3, 0.4) is 0 Å². The van der Waals surface area contributed by atoms with Crippen molar-refractivity contribution in [1.82, 2.24) is 0 Å². The summed E-state index contributed by atoms with van der Waals surface area (Å²) in [6.07, 6.45) is 12.3. The first-order valence-electron chi connectivity index (χ1n) is 15.1. The van der Waals surface area contributed by atoms with Gasteiger partial charge in [-0.3, -0.25) is 4.79 Å². The lowest BCUT2D eigenvalue weighted by atomic mass is 9.41. The van der Waals surface area contributed by atoms with E-state index in [4.69, 9.17) is 4.74 Å². The Morgan fingerprint density at radius 3 is 2.28 bits per heavy atom. The van der Waals surface area contributed by atoms with Crippen molar-refractivity contribution in [3.8, 4) is 0 Å². The normalized spacial score (nSPS) is 49.8. The zero-order valence-corrected chi connectivity index (χ0v) is 24.5. The molecule has 0 saturated heterocycles. The van der Waals surface area contributed by atoms with Crippen LogP contribution in [0.2, 0.25) is 0 Å². The highest BCUT2D eigenvalue weighted by Gasteiger charge is 2.83. The van der Waals surface area contributed by atoms with E-state index in [-0.39, 0.29) is 34.4 Å². The van der Waals surface area contributed by atoms with E-state index in [1.165, 1.54) is 38.5 Å². The van der Waals surface area contributed by atoms with Crippen LogP contribution in [0.15, 0.2) is 0 Å². The van der Waals surface area contributed by atoms with Crippen LogP contribution in [0.5, 0.6) is 0 Å². The monoisotopic (exact) mass is 502 g/mol. The van der Waals surface area contributed by atoms with E-state index in [1.807, 2.05) is 13.8 Å². The number of aliphatic hydroxyl groups is 2. The summed E-state index contributed by atoms with van der Waals surface area (Å²) >= 11 is 0. The first-order valence-corrected chi connectivity index (χ1v) is 15.1. The van der Waals surface area contributed by atoms with Crippen LogP contribution in [0.25, 0.3) is 0 Å². The molecule has 0 radical (unpaired) electrons. The molecule has 5 saturated carbocycles. The molecule has 5 rings (SSSR count). The summed E-state index contributed by atoms with van der Waals surface area (Å²) < 4.78 is 6.17. The molecule has 0 bridgehead atoms. The van der Waals surface area contributed by atoms with Gasteiger partial charge in [0.05, 0.1) is 11.7 Å². The topological polar surface area (TPSA) is 66.8 Å². The Kier molecular flexibility index (Phi) is 6.14. The van der Waals surface area contributed by atoms with Gasteiger partial charge in [-0.05, 0) is 116 Å². The molecule has 0 unspecified atom stereocenters. The van der Waals surface area contributed by atoms with Gasteiger partial charge in [0.25, 0.3) is 0 Å². The minimum atomic E-state index is -0.624. The predicted molar refractivity (Wildman–Crippen MR) is 143 cm³/mol. The number of aliphatic hydroxyl groups excluding tert-OH is 1. The van der Waals surface area contributed by atoms with Crippen molar-refractivity contribution in [2.24, 2.45) is 50.7 Å². The molecule has 5 fully saturated rings. The number of hydrogen-bond acceptors (Lipinski definition) is 4. The highest BCUT2D eigenvalue weighted by atomic mass is 16.5. The molecule has 36 heavy (non-hydrogen) atoms. The minimum absolute atomic E-state index is 0.00169. The minimum Gasteiger partial charge on any atom is -0.462 e. The van der Waals surface area contributed by atoms with Crippen LogP contribution in [0.1, 0.15) is 126 Å². The molecule has 0 heterocycles. The van der Waals surface area contributed by atoms with E-state index in [1.54, 1.807) is 6.92 Å². The van der Waals surface area contributed by atoms with Crippen LogP contribution >= 0.6 is 0 Å². The Morgan fingerprint density at radius 2 is 1.64 bits per heavy atom. The number of ether oxygens (including phenoxy) is 1. The zero-order valence-electron chi connectivity index (χ0n) is 24.5. The maximum Gasteiger partial charge on any atom is 0.302 e. The molecule has 2 N–H and O–H groups in total. The Morgan fingerprint density at radius 1 is 1.00 bits per heavy atom. The van der Waals surface area contributed by atoms with Gasteiger partial charge >= 0.3 is 5.97 Å². The van der Waals surface area contributed by atoms with Crippen molar-refractivity contribution in [2.45, 2.75) is 144 Å². The summed E-state index contributed by atoms with van der Waals surface area (Å²) in [6.45, 7) is 17.6. The summed E-state index contributed by atoms with van der Waals surface area (Å²) in [6, 6.07) is 0. The maximum absolute atomic E-state index is 12.3. The molecule has 0 aromatic rings. The van der Waals surface area contributed by atoms with Crippen LogP contribution in [-0.4, -0.2) is 34.0 Å². The molecular formula is C32H54O4. The van der Waals surface area contributed by atoms with Gasteiger partial charge < -0.3 is 14.9 Å². The van der Waals surface area contributed by atoms with Crippen molar-refractivity contribution in [3.05, 3.63) is 0 Å². The Balaban J connectivity index is 1.45. The fraction of sp³-hybridized carbons (Fsp3) is 0.969. The van der Waals surface area contributed by atoms with Crippen molar-refractivity contribution < 1.29 is 19.7 Å². The van der Waals surface area contributed by atoms with Gasteiger partial charge in [-0.1, -0.05) is 47.5 Å². The smallest absolute Gasteiger partial charge is 0.302 e. The van der Waals surface area contributed by atoms with E-state index < -0.39 is 5.60 Å². The lowest BCUT2D eigenvalue weighted by Gasteiger charge is -2.63. The molecule has 206 valence electrons. The molecule has 10 atom stereocenters. The fourth-order valence-electron chi connectivity index (χ4n) is 11.8. The lowest BCUT2D eigenvalue weighted by Crippen LogP contribution is -2.57. The average Bonchev–Trinajstić information content (AvgIpc) is 3.34. The Bertz CT molecular complexity index is 889. The summed E-state index contributed by atoms with van der Waals surface area (Å²) in [5, 5.41) is 21.2. The van der Waals surface area contributed by atoms with Gasteiger partial charge in [-0.25, -0.2) is 0 Å². The van der Waals surface area contributed by atoms with Gasteiger partial charge in [0.2, 0.25) is 0 Å². The predicted octanol–water partition coefficient (Wildman–Crippen LogP) is 6.91. The molecule has 0 aromatic heterocycles. The standard InChI is InChI=1S/C32H54O4/c1-20(10-9-14-27(3,4)35)26-22(36-21(2)33)18-30(8)24-12-11-23-28(5,6)25(34)13-15-31(23)19-32(24,31)17-16-29(26,30)7/h20,22-26,34-35H,9-19H2,1-8H3/t20-,22-,23+,24+,25+,26+,29-,30+,31-,32+/m1/s1. The maximum atomic E-state index is 12.3. The third kappa shape index (κ3) is 3.55. The number of carbonyl (C=O) groups is 1. The average molecular weight is 503 g/mol. The number of carbonyl (C=O) groups excluding carboxylic acids is 1. The number of rotatable bonds is 6. The van der Waals surface area contributed by atoms with E-state index in [9.17, 15) is 15.0 Å². The largest absolute Gasteiger partial charge is 0.462 e. The molecule has 0 aliphatic heterocycles. The molecule has 4 nitrogen and oxygen atoms in total.